The fourth-order valence-electron chi connectivity index (χ4n) is 2.71. The first kappa shape index (κ1) is 18.5. The Bertz CT molecular complexity index is 899. The molecule has 0 fully saturated rings. The number of aryl methyl sites for hydroxylation is 1. The number of anilines is 3. The molecule has 0 amide bonds. The maximum Gasteiger partial charge on any atom is 0.224 e. The molecule has 27 heavy (non-hydrogen) atoms. The summed E-state index contributed by atoms with van der Waals surface area (Å²) in [6.45, 7) is 2.68. The minimum absolute atomic E-state index is 0.600. The number of nitrogens with one attached hydrogen (secondary N) is 2. The van der Waals surface area contributed by atoms with E-state index in [0.717, 1.165) is 41.7 Å². The average molecular weight is 364 g/mol. The summed E-state index contributed by atoms with van der Waals surface area (Å²) >= 11 is 0. The first-order valence-corrected chi connectivity index (χ1v) is 8.80. The molecule has 0 saturated heterocycles. The van der Waals surface area contributed by atoms with Crippen molar-refractivity contribution < 1.29 is 9.47 Å². The van der Waals surface area contributed by atoms with Crippen LogP contribution >= 0.6 is 0 Å². The quantitative estimate of drug-likeness (QED) is 0.624. The maximum absolute atomic E-state index is 5.26. The van der Waals surface area contributed by atoms with Crippen LogP contribution in [0.4, 0.5) is 17.5 Å². The van der Waals surface area contributed by atoms with Gasteiger partial charge in [-0.15, -0.1) is 0 Å². The molecule has 0 aliphatic heterocycles. The van der Waals surface area contributed by atoms with Crippen molar-refractivity contribution in [3.8, 4) is 11.5 Å². The van der Waals surface area contributed by atoms with E-state index in [-0.39, 0.29) is 0 Å². The minimum Gasteiger partial charge on any atom is -0.497 e. The molecule has 0 saturated carbocycles. The molecule has 0 bridgehead atoms. The number of rotatable bonds is 8. The molecule has 3 aromatic rings. The summed E-state index contributed by atoms with van der Waals surface area (Å²) in [4.78, 5) is 9.01. The number of aromatic nitrogens is 2. The Morgan fingerprint density at radius 3 is 2.41 bits per heavy atom. The molecule has 2 N–H and O–H groups in total. The lowest BCUT2D eigenvalue weighted by Gasteiger charge is -2.11. The van der Waals surface area contributed by atoms with Gasteiger partial charge in [0, 0.05) is 30.1 Å². The van der Waals surface area contributed by atoms with Gasteiger partial charge in [0.1, 0.15) is 17.3 Å². The molecule has 6 heteroatoms. The van der Waals surface area contributed by atoms with Gasteiger partial charge in [0.05, 0.1) is 14.2 Å². The van der Waals surface area contributed by atoms with Crippen LogP contribution in [0.1, 0.15) is 11.3 Å². The van der Waals surface area contributed by atoms with Crippen LogP contribution in [-0.2, 0) is 6.42 Å². The lowest BCUT2D eigenvalue weighted by atomic mass is 10.1. The third-order valence-electron chi connectivity index (χ3n) is 4.03. The lowest BCUT2D eigenvalue weighted by Crippen LogP contribution is -2.09. The van der Waals surface area contributed by atoms with E-state index in [1.165, 1.54) is 5.56 Å². The van der Waals surface area contributed by atoms with Gasteiger partial charge < -0.3 is 20.1 Å². The molecular weight excluding hydrogens is 340 g/mol. The Hall–Kier alpha value is -3.28. The molecule has 1 heterocycles. The topological polar surface area (TPSA) is 68.3 Å². The molecule has 0 spiro atoms. The van der Waals surface area contributed by atoms with E-state index in [1.807, 2.05) is 55.5 Å². The fraction of sp³-hybridized carbons (Fsp3) is 0.238. The molecule has 1 aromatic heterocycles. The third kappa shape index (κ3) is 5.34. The summed E-state index contributed by atoms with van der Waals surface area (Å²) in [6.07, 6.45) is 0.854. The predicted molar refractivity (Wildman–Crippen MR) is 108 cm³/mol. The molecule has 2 aromatic carbocycles. The molecule has 0 atom stereocenters. The van der Waals surface area contributed by atoms with E-state index < -0.39 is 0 Å². The molecule has 0 unspecified atom stereocenters. The van der Waals surface area contributed by atoms with Crippen LogP contribution in [0.3, 0.4) is 0 Å². The van der Waals surface area contributed by atoms with E-state index >= 15 is 0 Å². The van der Waals surface area contributed by atoms with Gasteiger partial charge in [-0.05, 0) is 43.2 Å². The van der Waals surface area contributed by atoms with Crippen LogP contribution in [0.5, 0.6) is 11.5 Å². The van der Waals surface area contributed by atoms with Crippen molar-refractivity contribution in [1.29, 1.82) is 0 Å². The first-order chi connectivity index (χ1) is 13.2. The number of benzene rings is 2. The monoisotopic (exact) mass is 364 g/mol. The normalized spacial score (nSPS) is 10.3. The second kappa shape index (κ2) is 8.89. The number of nitrogens with zero attached hydrogens (tertiary/aromatic N) is 2. The standard InChI is InChI=1S/C21H24N4O2/c1-15-12-20(24-17-7-5-9-19(14-17)27-3)25-21(23-15)22-11-10-16-6-4-8-18(13-16)26-2/h4-9,12-14H,10-11H2,1-3H3,(H2,22,23,24,25). The minimum atomic E-state index is 0.600. The van der Waals surface area contributed by atoms with Gasteiger partial charge in [-0.1, -0.05) is 18.2 Å². The number of hydrogen-bond donors (Lipinski definition) is 2. The smallest absolute Gasteiger partial charge is 0.224 e. The van der Waals surface area contributed by atoms with Crippen LogP contribution in [0.15, 0.2) is 54.6 Å². The highest BCUT2D eigenvalue weighted by Crippen LogP contribution is 2.21. The number of ether oxygens (including phenoxy) is 2. The van der Waals surface area contributed by atoms with Crippen LogP contribution in [-0.4, -0.2) is 30.7 Å². The van der Waals surface area contributed by atoms with Gasteiger partial charge in [0.25, 0.3) is 0 Å². The highest BCUT2D eigenvalue weighted by molar-refractivity contribution is 5.59. The lowest BCUT2D eigenvalue weighted by molar-refractivity contribution is 0.414. The zero-order chi connectivity index (χ0) is 19.1. The van der Waals surface area contributed by atoms with Gasteiger partial charge in [0.15, 0.2) is 0 Å². The Morgan fingerprint density at radius 2 is 1.63 bits per heavy atom. The van der Waals surface area contributed by atoms with E-state index in [1.54, 1.807) is 14.2 Å². The van der Waals surface area contributed by atoms with Crippen molar-refractivity contribution in [2.75, 3.05) is 31.4 Å². The van der Waals surface area contributed by atoms with Crippen molar-refractivity contribution in [2.24, 2.45) is 0 Å². The van der Waals surface area contributed by atoms with Crippen LogP contribution in [0, 0.1) is 6.92 Å². The Balaban J connectivity index is 1.64. The van der Waals surface area contributed by atoms with Crippen molar-refractivity contribution in [3.05, 3.63) is 65.9 Å². The van der Waals surface area contributed by atoms with Crippen LogP contribution in [0.25, 0.3) is 0 Å². The van der Waals surface area contributed by atoms with Crippen molar-refractivity contribution in [1.82, 2.24) is 9.97 Å². The highest BCUT2D eigenvalue weighted by atomic mass is 16.5. The van der Waals surface area contributed by atoms with Crippen molar-refractivity contribution in [3.63, 3.8) is 0 Å². The largest absolute Gasteiger partial charge is 0.497 e. The van der Waals surface area contributed by atoms with E-state index in [0.29, 0.717) is 5.95 Å². The van der Waals surface area contributed by atoms with E-state index in [9.17, 15) is 0 Å². The number of methoxy groups -OCH3 is 2. The Kier molecular flexibility index (Phi) is 6.10. The van der Waals surface area contributed by atoms with Crippen molar-refractivity contribution >= 4 is 17.5 Å². The predicted octanol–water partition coefficient (Wildman–Crippen LogP) is 4.20. The fourth-order valence-corrected chi connectivity index (χ4v) is 2.71. The van der Waals surface area contributed by atoms with Crippen molar-refractivity contribution in [2.45, 2.75) is 13.3 Å². The van der Waals surface area contributed by atoms with Gasteiger partial charge in [-0.2, -0.15) is 4.98 Å². The molecule has 140 valence electrons. The second-order valence-electron chi connectivity index (χ2n) is 6.10. The third-order valence-corrected chi connectivity index (χ3v) is 4.03. The summed E-state index contributed by atoms with van der Waals surface area (Å²) < 4.78 is 10.5. The van der Waals surface area contributed by atoms with Crippen LogP contribution < -0.4 is 20.1 Å². The SMILES string of the molecule is COc1cccc(CCNc2nc(C)cc(Nc3cccc(OC)c3)n2)c1. The average Bonchev–Trinajstić information content (AvgIpc) is 2.68. The molecule has 0 radical (unpaired) electrons. The molecule has 6 nitrogen and oxygen atoms in total. The molecule has 0 aliphatic rings. The number of hydrogen-bond acceptors (Lipinski definition) is 6. The maximum atomic E-state index is 5.26. The summed E-state index contributed by atoms with van der Waals surface area (Å²) in [6, 6.07) is 17.7. The molecule has 3 rings (SSSR count). The molecule has 0 aliphatic carbocycles. The zero-order valence-electron chi connectivity index (χ0n) is 15.8. The first-order valence-electron chi connectivity index (χ1n) is 8.80. The summed E-state index contributed by atoms with van der Waals surface area (Å²) in [5.41, 5.74) is 3.00. The zero-order valence-corrected chi connectivity index (χ0v) is 15.8. The van der Waals surface area contributed by atoms with E-state index in [2.05, 4.69) is 26.7 Å². The van der Waals surface area contributed by atoms with Gasteiger partial charge >= 0.3 is 0 Å². The van der Waals surface area contributed by atoms with Gasteiger partial charge in [-0.25, -0.2) is 4.98 Å². The summed E-state index contributed by atoms with van der Waals surface area (Å²) in [7, 11) is 3.33. The Labute approximate surface area is 159 Å². The van der Waals surface area contributed by atoms with Gasteiger partial charge in [0.2, 0.25) is 5.95 Å². The summed E-state index contributed by atoms with van der Waals surface area (Å²) in [5, 5.41) is 6.59. The van der Waals surface area contributed by atoms with E-state index in [4.69, 9.17) is 9.47 Å². The van der Waals surface area contributed by atoms with Crippen LogP contribution in [0.2, 0.25) is 0 Å². The second-order valence-corrected chi connectivity index (χ2v) is 6.10. The van der Waals surface area contributed by atoms with Gasteiger partial charge in [-0.3, -0.25) is 0 Å². The summed E-state index contributed by atoms with van der Waals surface area (Å²) in [5.74, 6) is 2.99. The Morgan fingerprint density at radius 1 is 0.889 bits per heavy atom. The highest BCUT2D eigenvalue weighted by Gasteiger charge is 2.04. The molecular formula is C21H24N4O2.